The van der Waals surface area contributed by atoms with E-state index in [1.165, 1.54) is 6.08 Å². The summed E-state index contributed by atoms with van der Waals surface area (Å²) in [5.41, 5.74) is 0.350. The summed E-state index contributed by atoms with van der Waals surface area (Å²) >= 11 is 0. The van der Waals surface area contributed by atoms with Crippen LogP contribution < -0.4 is 4.74 Å². The molecule has 0 aromatic heterocycles. The molecule has 0 fully saturated rings. The SMILES string of the molecule is FC(F)(F)OC1=CC=CC2(CCc3ccccc3O2)C1. The van der Waals surface area contributed by atoms with E-state index >= 15 is 0 Å². The molecule has 2 aliphatic rings. The van der Waals surface area contributed by atoms with Crippen molar-refractivity contribution in [3.63, 3.8) is 0 Å². The first-order valence-electron chi connectivity index (χ1n) is 6.37. The first-order valence-corrected chi connectivity index (χ1v) is 6.37. The van der Waals surface area contributed by atoms with Crippen molar-refractivity contribution in [2.75, 3.05) is 0 Å². The Morgan fingerprint density at radius 2 is 2.00 bits per heavy atom. The molecule has 1 aliphatic heterocycles. The van der Waals surface area contributed by atoms with Crippen LogP contribution in [0.15, 0.2) is 48.3 Å². The molecule has 1 atom stereocenters. The van der Waals surface area contributed by atoms with Crippen molar-refractivity contribution in [3.05, 3.63) is 53.8 Å². The van der Waals surface area contributed by atoms with E-state index in [9.17, 15) is 13.2 Å². The monoisotopic (exact) mass is 282 g/mol. The van der Waals surface area contributed by atoms with Crippen LogP contribution in [0.25, 0.3) is 0 Å². The van der Waals surface area contributed by atoms with E-state index in [4.69, 9.17) is 4.74 Å². The second-order valence-corrected chi connectivity index (χ2v) is 4.99. The summed E-state index contributed by atoms with van der Waals surface area (Å²) < 4.78 is 46.9. The number of aryl methyl sites for hydroxylation is 1. The lowest BCUT2D eigenvalue weighted by Gasteiger charge is -2.38. The van der Waals surface area contributed by atoms with Gasteiger partial charge in [-0.05, 0) is 36.6 Å². The van der Waals surface area contributed by atoms with E-state index < -0.39 is 12.0 Å². The molecule has 1 aromatic rings. The average Bonchev–Trinajstić information content (AvgIpc) is 2.36. The van der Waals surface area contributed by atoms with Gasteiger partial charge in [0, 0.05) is 6.42 Å². The molecule has 5 heteroatoms. The molecule has 0 bridgehead atoms. The summed E-state index contributed by atoms with van der Waals surface area (Å²) in [6, 6.07) is 7.59. The van der Waals surface area contributed by atoms with Gasteiger partial charge in [0.15, 0.2) is 0 Å². The molecular formula is C15H13F3O2. The van der Waals surface area contributed by atoms with Crippen LogP contribution in [0, 0.1) is 0 Å². The molecule has 1 aromatic carbocycles. The van der Waals surface area contributed by atoms with Gasteiger partial charge in [-0.2, -0.15) is 0 Å². The third-order valence-electron chi connectivity index (χ3n) is 3.51. The van der Waals surface area contributed by atoms with Crippen LogP contribution in [0.3, 0.4) is 0 Å². The molecule has 1 aliphatic carbocycles. The van der Waals surface area contributed by atoms with Gasteiger partial charge in [-0.3, -0.25) is 0 Å². The minimum atomic E-state index is -4.66. The lowest BCUT2D eigenvalue weighted by atomic mass is 9.85. The van der Waals surface area contributed by atoms with Gasteiger partial charge in [-0.25, -0.2) is 0 Å². The summed E-state index contributed by atoms with van der Waals surface area (Å²) in [4.78, 5) is 0. The predicted octanol–water partition coefficient (Wildman–Crippen LogP) is 4.13. The number of rotatable bonds is 1. The van der Waals surface area contributed by atoms with Crippen molar-refractivity contribution < 1.29 is 22.6 Å². The molecule has 20 heavy (non-hydrogen) atoms. The van der Waals surface area contributed by atoms with E-state index in [2.05, 4.69) is 4.74 Å². The van der Waals surface area contributed by atoms with E-state index in [0.29, 0.717) is 6.42 Å². The van der Waals surface area contributed by atoms with Gasteiger partial charge in [-0.15, -0.1) is 13.2 Å². The summed E-state index contributed by atoms with van der Waals surface area (Å²) in [5, 5.41) is 0. The normalized spacial score (nSPS) is 24.9. The van der Waals surface area contributed by atoms with Gasteiger partial charge in [0.2, 0.25) is 0 Å². The fourth-order valence-corrected chi connectivity index (χ4v) is 2.63. The Bertz CT molecular complexity index is 575. The van der Waals surface area contributed by atoms with Gasteiger partial charge in [0.25, 0.3) is 0 Å². The van der Waals surface area contributed by atoms with E-state index in [0.717, 1.165) is 17.7 Å². The van der Waals surface area contributed by atoms with Crippen molar-refractivity contribution in [3.8, 4) is 5.75 Å². The van der Waals surface area contributed by atoms with E-state index in [-0.39, 0.29) is 12.2 Å². The molecule has 1 heterocycles. The predicted molar refractivity (Wildman–Crippen MR) is 67.1 cm³/mol. The number of fused-ring (bicyclic) bond motifs is 1. The number of hydrogen-bond acceptors (Lipinski definition) is 2. The highest BCUT2D eigenvalue weighted by molar-refractivity contribution is 5.38. The number of benzene rings is 1. The molecule has 106 valence electrons. The maximum Gasteiger partial charge on any atom is 0.572 e. The second-order valence-electron chi connectivity index (χ2n) is 4.99. The van der Waals surface area contributed by atoms with Crippen molar-refractivity contribution in [2.45, 2.75) is 31.2 Å². The molecule has 2 nitrogen and oxygen atoms in total. The molecule has 0 amide bonds. The fraction of sp³-hybridized carbons (Fsp3) is 0.333. The molecule has 3 rings (SSSR count). The number of hydrogen-bond donors (Lipinski definition) is 0. The van der Waals surface area contributed by atoms with Crippen LogP contribution in [-0.2, 0) is 11.2 Å². The molecule has 1 spiro atoms. The molecule has 0 radical (unpaired) electrons. The third-order valence-corrected chi connectivity index (χ3v) is 3.51. The number of ether oxygens (including phenoxy) is 2. The Morgan fingerprint density at radius 3 is 2.80 bits per heavy atom. The summed E-state index contributed by atoms with van der Waals surface area (Å²) in [5.74, 6) is 0.621. The average molecular weight is 282 g/mol. The molecule has 0 saturated heterocycles. The van der Waals surface area contributed by atoms with Gasteiger partial charge in [0.05, 0.1) is 0 Å². The zero-order chi connectivity index (χ0) is 14.2. The van der Waals surface area contributed by atoms with Crippen LogP contribution in [0.2, 0.25) is 0 Å². The highest BCUT2D eigenvalue weighted by Gasteiger charge is 2.40. The first-order chi connectivity index (χ1) is 9.46. The number of allylic oxidation sites excluding steroid dienone is 2. The van der Waals surface area contributed by atoms with Gasteiger partial charge < -0.3 is 9.47 Å². The quantitative estimate of drug-likeness (QED) is 0.771. The Kier molecular flexibility index (Phi) is 3.00. The fourth-order valence-electron chi connectivity index (χ4n) is 2.63. The lowest BCUT2D eigenvalue weighted by Crippen LogP contribution is -2.39. The first kappa shape index (κ1) is 13.1. The standard InChI is InChI=1S/C15H13F3O2/c16-15(17,18)19-12-5-3-8-14(10-12)9-7-11-4-1-2-6-13(11)20-14/h1-6,8H,7,9-10H2. The van der Waals surface area contributed by atoms with Gasteiger partial charge >= 0.3 is 6.36 Å². The maximum atomic E-state index is 12.3. The maximum absolute atomic E-state index is 12.3. The topological polar surface area (TPSA) is 18.5 Å². The molecule has 1 unspecified atom stereocenters. The number of halogens is 3. The Morgan fingerprint density at radius 1 is 1.20 bits per heavy atom. The molecular weight excluding hydrogens is 269 g/mol. The Labute approximate surface area is 114 Å². The largest absolute Gasteiger partial charge is 0.572 e. The smallest absolute Gasteiger partial charge is 0.482 e. The summed E-state index contributed by atoms with van der Waals surface area (Å²) in [7, 11) is 0. The third kappa shape index (κ3) is 2.66. The van der Waals surface area contributed by atoms with Gasteiger partial charge in [0.1, 0.15) is 17.1 Å². The van der Waals surface area contributed by atoms with Crippen LogP contribution in [0.5, 0.6) is 5.75 Å². The number of alkyl halides is 3. The van der Waals surface area contributed by atoms with Crippen molar-refractivity contribution in [1.29, 1.82) is 0 Å². The number of para-hydroxylation sites is 1. The van der Waals surface area contributed by atoms with Crippen LogP contribution >= 0.6 is 0 Å². The zero-order valence-corrected chi connectivity index (χ0v) is 10.6. The van der Waals surface area contributed by atoms with Crippen LogP contribution in [0.1, 0.15) is 18.4 Å². The van der Waals surface area contributed by atoms with Crippen molar-refractivity contribution in [2.24, 2.45) is 0 Å². The van der Waals surface area contributed by atoms with Crippen LogP contribution in [0.4, 0.5) is 13.2 Å². The summed E-state index contributed by atoms with van der Waals surface area (Å²) in [6.07, 6.45) is 1.56. The molecule has 0 N–H and O–H groups in total. The second kappa shape index (κ2) is 4.58. The molecule has 0 saturated carbocycles. The van der Waals surface area contributed by atoms with Crippen LogP contribution in [-0.4, -0.2) is 12.0 Å². The summed E-state index contributed by atoms with van der Waals surface area (Å²) in [6.45, 7) is 0. The van der Waals surface area contributed by atoms with E-state index in [1.54, 1.807) is 6.08 Å². The van der Waals surface area contributed by atoms with Crippen molar-refractivity contribution in [1.82, 2.24) is 0 Å². The van der Waals surface area contributed by atoms with E-state index in [1.807, 2.05) is 30.3 Å². The highest BCUT2D eigenvalue weighted by Crippen LogP contribution is 2.40. The van der Waals surface area contributed by atoms with Gasteiger partial charge in [-0.1, -0.05) is 24.3 Å². The van der Waals surface area contributed by atoms with Crippen molar-refractivity contribution >= 4 is 0 Å². The minimum absolute atomic E-state index is 0.0946. The highest BCUT2D eigenvalue weighted by atomic mass is 19.4. The Balaban J connectivity index is 1.80. The minimum Gasteiger partial charge on any atom is -0.482 e. The Hall–Kier alpha value is -1.91. The lowest BCUT2D eigenvalue weighted by molar-refractivity contribution is -0.307. The zero-order valence-electron chi connectivity index (χ0n) is 10.6.